The average molecular weight is 275 g/mol. The second kappa shape index (κ2) is 15.8. The molecule has 0 atom stereocenters. The highest BCUT2D eigenvalue weighted by Crippen LogP contribution is 1.83. The summed E-state index contributed by atoms with van der Waals surface area (Å²) in [6.07, 6.45) is 0. The summed E-state index contributed by atoms with van der Waals surface area (Å²) in [5, 5.41) is 10.0. The first-order chi connectivity index (χ1) is 9.35. The Morgan fingerprint density at radius 2 is 1.00 bits per heavy atom. The van der Waals surface area contributed by atoms with Crippen LogP contribution in [0.4, 0.5) is 0 Å². The molecule has 19 heavy (non-hydrogen) atoms. The lowest BCUT2D eigenvalue weighted by Gasteiger charge is -2.20. The van der Waals surface area contributed by atoms with Gasteiger partial charge in [-0.05, 0) is 0 Å². The molecule has 0 radical (unpaired) electrons. The van der Waals surface area contributed by atoms with Crippen molar-refractivity contribution in [3.05, 3.63) is 0 Å². The van der Waals surface area contributed by atoms with Gasteiger partial charge < -0.3 is 33.2 Å². The van der Waals surface area contributed by atoms with E-state index in [1.807, 2.05) is 0 Å². The molecule has 0 aromatic carbocycles. The molecule has 0 aliphatic heterocycles. The van der Waals surface area contributed by atoms with E-state index in [2.05, 4.69) is 20.9 Å². The lowest BCUT2D eigenvalue weighted by atomic mass is 10.4. The smallest absolute Gasteiger partial charge is 0.0108 e. The Morgan fingerprint density at radius 3 is 1.47 bits per heavy atom. The van der Waals surface area contributed by atoms with Gasteiger partial charge in [-0.25, -0.2) is 0 Å². The van der Waals surface area contributed by atoms with E-state index >= 15 is 0 Å². The topological polar surface area (TPSA) is 117 Å². The van der Waals surface area contributed by atoms with Crippen LogP contribution in [0, 0.1) is 0 Å². The monoisotopic (exact) mass is 275 g/mol. The molecule has 0 rings (SSSR count). The maximum atomic E-state index is 5.55. The van der Waals surface area contributed by atoms with Crippen molar-refractivity contribution in [2.45, 2.75) is 0 Å². The predicted molar refractivity (Wildman–Crippen MR) is 82.2 cm³/mol. The van der Waals surface area contributed by atoms with Crippen molar-refractivity contribution in [2.75, 3.05) is 78.5 Å². The van der Waals surface area contributed by atoms with Crippen LogP contribution in [-0.2, 0) is 0 Å². The molecule has 0 heterocycles. The quantitative estimate of drug-likeness (QED) is 0.176. The highest BCUT2D eigenvalue weighted by molar-refractivity contribution is 4.61. The predicted octanol–water partition coefficient (Wildman–Crippen LogP) is -3.07. The van der Waals surface area contributed by atoms with E-state index in [4.69, 9.17) is 17.2 Å². The van der Waals surface area contributed by atoms with Crippen LogP contribution in [0.2, 0.25) is 0 Å². The summed E-state index contributed by atoms with van der Waals surface area (Å²) in [6, 6.07) is 0. The normalized spacial score (nSPS) is 11.4. The van der Waals surface area contributed by atoms with Crippen molar-refractivity contribution in [3.8, 4) is 0 Å². The Labute approximate surface area is 117 Å². The fourth-order valence-corrected chi connectivity index (χ4v) is 1.77. The molecule has 0 aromatic rings. The van der Waals surface area contributed by atoms with Crippen LogP contribution in [0.15, 0.2) is 0 Å². The number of hydrogen-bond donors (Lipinski definition) is 6. The summed E-state index contributed by atoms with van der Waals surface area (Å²) in [5.41, 5.74) is 16.5. The van der Waals surface area contributed by atoms with E-state index in [0.717, 1.165) is 58.9 Å². The fraction of sp³-hybridized carbons (Fsp3) is 1.00. The Balaban J connectivity index is 3.20. The molecule has 0 spiro atoms. The first-order valence-corrected chi connectivity index (χ1v) is 7.29. The largest absolute Gasteiger partial charge is 0.329 e. The summed E-state index contributed by atoms with van der Waals surface area (Å²) in [5.74, 6) is 0. The van der Waals surface area contributed by atoms with Gasteiger partial charge in [-0.15, -0.1) is 0 Å². The second-order valence-corrected chi connectivity index (χ2v) is 4.46. The first-order valence-electron chi connectivity index (χ1n) is 7.29. The third kappa shape index (κ3) is 13.9. The zero-order valence-corrected chi connectivity index (χ0v) is 12.2. The Hall–Kier alpha value is -0.280. The minimum Gasteiger partial charge on any atom is -0.329 e. The number of nitrogens with two attached hydrogens (primary N) is 3. The van der Waals surface area contributed by atoms with Crippen molar-refractivity contribution in [1.82, 2.24) is 20.9 Å². The van der Waals surface area contributed by atoms with Gasteiger partial charge in [0.15, 0.2) is 0 Å². The molecular formula is C12H33N7. The summed E-state index contributed by atoms with van der Waals surface area (Å²) in [6.45, 7) is 10.7. The lowest BCUT2D eigenvalue weighted by Crippen LogP contribution is -2.40. The molecule has 0 saturated heterocycles. The molecule has 7 heteroatoms. The van der Waals surface area contributed by atoms with Crippen LogP contribution < -0.4 is 33.2 Å². The zero-order valence-electron chi connectivity index (χ0n) is 12.2. The van der Waals surface area contributed by atoms with Crippen LogP contribution in [0.1, 0.15) is 0 Å². The maximum Gasteiger partial charge on any atom is 0.0108 e. The zero-order chi connectivity index (χ0) is 14.2. The van der Waals surface area contributed by atoms with Gasteiger partial charge in [-0.1, -0.05) is 0 Å². The van der Waals surface area contributed by atoms with E-state index in [1.54, 1.807) is 0 Å². The molecule has 0 aliphatic carbocycles. The molecule has 0 bridgehead atoms. The maximum absolute atomic E-state index is 5.55. The van der Waals surface area contributed by atoms with Gasteiger partial charge in [0, 0.05) is 78.5 Å². The average Bonchev–Trinajstić information content (AvgIpc) is 2.41. The van der Waals surface area contributed by atoms with Crippen LogP contribution in [0.3, 0.4) is 0 Å². The van der Waals surface area contributed by atoms with Gasteiger partial charge in [0.25, 0.3) is 0 Å². The summed E-state index contributed by atoms with van der Waals surface area (Å²) >= 11 is 0. The fourth-order valence-electron chi connectivity index (χ4n) is 1.77. The standard InChI is InChI=1S/C12H33N7/c13-1-4-16-5-6-17-7-8-18-9-12-19(10-2-14)11-3-15/h16-18H,1-15H2. The molecule has 0 fully saturated rings. The summed E-state index contributed by atoms with van der Waals surface area (Å²) in [4.78, 5) is 2.29. The van der Waals surface area contributed by atoms with Crippen molar-refractivity contribution >= 4 is 0 Å². The molecule has 116 valence electrons. The van der Waals surface area contributed by atoms with Crippen molar-refractivity contribution in [2.24, 2.45) is 17.2 Å². The highest BCUT2D eigenvalue weighted by Gasteiger charge is 2.01. The van der Waals surface area contributed by atoms with Gasteiger partial charge >= 0.3 is 0 Å². The van der Waals surface area contributed by atoms with E-state index in [0.29, 0.717) is 19.6 Å². The molecule has 0 aromatic heterocycles. The van der Waals surface area contributed by atoms with Crippen LogP contribution in [-0.4, -0.2) is 83.4 Å². The molecular weight excluding hydrogens is 242 g/mol. The Kier molecular flexibility index (Phi) is 15.5. The highest BCUT2D eigenvalue weighted by atomic mass is 15.1. The minimum atomic E-state index is 0.692. The van der Waals surface area contributed by atoms with Gasteiger partial charge in [-0.3, -0.25) is 4.90 Å². The SMILES string of the molecule is NCCNCCNCCNCCN(CCN)CCN. The Bertz CT molecular complexity index is 162. The van der Waals surface area contributed by atoms with Gasteiger partial charge in [0.05, 0.1) is 0 Å². The van der Waals surface area contributed by atoms with Crippen molar-refractivity contribution < 1.29 is 0 Å². The number of hydrogen-bond acceptors (Lipinski definition) is 7. The van der Waals surface area contributed by atoms with Gasteiger partial charge in [-0.2, -0.15) is 0 Å². The lowest BCUT2D eigenvalue weighted by molar-refractivity contribution is 0.288. The summed E-state index contributed by atoms with van der Waals surface area (Å²) in [7, 11) is 0. The number of nitrogens with one attached hydrogen (secondary N) is 3. The third-order valence-corrected chi connectivity index (χ3v) is 2.77. The number of rotatable bonds is 15. The molecule has 0 unspecified atom stereocenters. The minimum absolute atomic E-state index is 0.692. The van der Waals surface area contributed by atoms with Crippen LogP contribution in [0.25, 0.3) is 0 Å². The van der Waals surface area contributed by atoms with Crippen LogP contribution in [0.5, 0.6) is 0 Å². The molecule has 0 amide bonds. The molecule has 9 N–H and O–H groups in total. The second-order valence-electron chi connectivity index (χ2n) is 4.46. The van der Waals surface area contributed by atoms with Gasteiger partial charge in [0.1, 0.15) is 0 Å². The third-order valence-electron chi connectivity index (χ3n) is 2.77. The van der Waals surface area contributed by atoms with Crippen molar-refractivity contribution in [3.63, 3.8) is 0 Å². The van der Waals surface area contributed by atoms with Crippen molar-refractivity contribution in [1.29, 1.82) is 0 Å². The van der Waals surface area contributed by atoms with E-state index in [1.165, 1.54) is 0 Å². The van der Waals surface area contributed by atoms with E-state index < -0.39 is 0 Å². The molecule has 0 saturated carbocycles. The summed E-state index contributed by atoms with van der Waals surface area (Å²) < 4.78 is 0. The molecule has 0 aliphatic rings. The Morgan fingerprint density at radius 1 is 0.526 bits per heavy atom. The van der Waals surface area contributed by atoms with E-state index in [9.17, 15) is 0 Å². The van der Waals surface area contributed by atoms with Crippen LogP contribution >= 0.6 is 0 Å². The van der Waals surface area contributed by atoms with Gasteiger partial charge in [0.2, 0.25) is 0 Å². The first kappa shape index (κ1) is 18.7. The molecule has 7 nitrogen and oxygen atoms in total. The number of nitrogens with zero attached hydrogens (tertiary/aromatic N) is 1. The van der Waals surface area contributed by atoms with E-state index in [-0.39, 0.29) is 0 Å².